The predicted molar refractivity (Wildman–Crippen MR) is 139 cm³/mol. The van der Waals surface area contributed by atoms with Gasteiger partial charge < -0.3 is 19.2 Å². The molecule has 0 aliphatic rings. The van der Waals surface area contributed by atoms with Gasteiger partial charge in [-0.2, -0.15) is 0 Å². The van der Waals surface area contributed by atoms with Gasteiger partial charge in [0.25, 0.3) is 5.91 Å². The number of nitrogens with one attached hydrogen (secondary N) is 1. The number of anilines is 1. The molecule has 9 heteroatoms. The summed E-state index contributed by atoms with van der Waals surface area (Å²) in [7, 11) is 0. The number of thiophene rings is 1. The van der Waals surface area contributed by atoms with Crippen LogP contribution in [0.1, 0.15) is 29.8 Å². The molecule has 4 aromatic rings. The number of hydrogen-bond donors (Lipinski definition) is 1. The lowest BCUT2D eigenvalue weighted by molar-refractivity contribution is -0.122. The van der Waals surface area contributed by atoms with Gasteiger partial charge in [-0.3, -0.25) is 4.79 Å². The molecule has 1 N–H and O–H groups in total. The molecule has 4 rings (SSSR count). The summed E-state index contributed by atoms with van der Waals surface area (Å²) in [6, 6.07) is 14.0. The van der Waals surface area contributed by atoms with Gasteiger partial charge in [0, 0.05) is 32.9 Å². The molecule has 0 radical (unpaired) electrons. The molecule has 2 aromatic carbocycles. The van der Waals surface area contributed by atoms with Crippen LogP contribution in [0.4, 0.5) is 5.00 Å². The summed E-state index contributed by atoms with van der Waals surface area (Å²) < 4.78 is 17.2. The third kappa shape index (κ3) is 5.47. The van der Waals surface area contributed by atoms with Crippen molar-refractivity contribution in [1.29, 1.82) is 0 Å². The Morgan fingerprint density at radius 1 is 1.14 bits per heavy atom. The first kappa shape index (κ1) is 24.7. The minimum Gasteiger partial charge on any atom is -0.481 e. The van der Waals surface area contributed by atoms with Crippen LogP contribution in [0.3, 0.4) is 0 Å². The summed E-state index contributed by atoms with van der Waals surface area (Å²) in [6.07, 6.45) is -0.891. The van der Waals surface area contributed by atoms with E-state index in [4.69, 9.17) is 13.9 Å². The number of halogens is 1. The molecule has 2 aromatic heterocycles. The monoisotopic (exact) mass is 555 g/mol. The van der Waals surface area contributed by atoms with Gasteiger partial charge in [0.2, 0.25) is 0 Å². The van der Waals surface area contributed by atoms with Gasteiger partial charge in [-0.05, 0) is 56.2 Å². The van der Waals surface area contributed by atoms with Crippen LogP contribution in [0.5, 0.6) is 5.75 Å². The Labute approximate surface area is 213 Å². The van der Waals surface area contributed by atoms with E-state index < -0.39 is 23.6 Å². The van der Waals surface area contributed by atoms with Crippen LogP contribution in [0, 0.1) is 6.92 Å². The molecule has 0 fully saturated rings. The fraction of sp³-hybridized carbons (Fsp3) is 0.192. The number of carbonyl (C=O) groups excluding carboxylic acids is 2. The lowest BCUT2D eigenvalue weighted by Crippen LogP contribution is -2.30. The Bertz CT molecular complexity index is 1460. The van der Waals surface area contributed by atoms with Crippen molar-refractivity contribution in [2.75, 3.05) is 11.9 Å². The number of ether oxygens (including phenoxy) is 2. The van der Waals surface area contributed by atoms with Crippen molar-refractivity contribution < 1.29 is 23.5 Å². The lowest BCUT2D eigenvalue weighted by atomic mass is 10.0. The number of aryl methyl sites for hydroxylation is 1. The van der Waals surface area contributed by atoms with Crippen LogP contribution in [-0.4, -0.2) is 24.6 Å². The predicted octanol–water partition coefficient (Wildman–Crippen LogP) is 6.18. The molecule has 0 saturated carbocycles. The molecule has 0 aliphatic carbocycles. The fourth-order valence-electron chi connectivity index (χ4n) is 3.55. The highest BCUT2D eigenvalue weighted by molar-refractivity contribution is 9.10. The molecule has 0 bridgehead atoms. The largest absolute Gasteiger partial charge is 0.481 e. The molecular weight excluding hydrogens is 534 g/mol. The van der Waals surface area contributed by atoms with Gasteiger partial charge in [0.1, 0.15) is 21.9 Å². The number of amides is 1. The standard InChI is InChI=1S/C26H22BrNO6S/c1-4-32-26(31)23-20(16-5-7-17(27)8-6-16)13-35-25(23)28-24(30)15(3)33-18-9-10-19-14(2)11-22(29)34-21(19)12-18/h5-13,15H,4H2,1-3H3,(H,28,30). The summed E-state index contributed by atoms with van der Waals surface area (Å²) in [5.74, 6) is -0.581. The van der Waals surface area contributed by atoms with Gasteiger partial charge in [0.05, 0.1) is 6.61 Å². The second-order valence-electron chi connectivity index (χ2n) is 7.74. The SMILES string of the molecule is CCOC(=O)c1c(-c2ccc(Br)cc2)csc1NC(=O)C(C)Oc1ccc2c(C)cc(=O)oc2c1. The number of carbonyl (C=O) groups is 2. The Kier molecular flexibility index (Phi) is 7.37. The van der Waals surface area contributed by atoms with Crippen LogP contribution in [0.15, 0.2) is 67.6 Å². The number of fused-ring (bicyclic) bond motifs is 1. The molecule has 0 aliphatic heterocycles. The Morgan fingerprint density at radius 2 is 1.89 bits per heavy atom. The molecule has 1 atom stereocenters. The molecule has 7 nitrogen and oxygen atoms in total. The highest BCUT2D eigenvalue weighted by atomic mass is 79.9. The van der Waals surface area contributed by atoms with Crippen molar-refractivity contribution in [3.8, 4) is 16.9 Å². The van der Waals surface area contributed by atoms with E-state index in [0.29, 0.717) is 27.5 Å². The van der Waals surface area contributed by atoms with Gasteiger partial charge in [-0.25, -0.2) is 9.59 Å². The van der Waals surface area contributed by atoms with Crippen LogP contribution in [0.2, 0.25) is 0 Å². The van der Waals surface area contributed by atoms with Gasteiger partial charge in [0.15, 0.2) is 6.10 Å². The minimum absolute atomic E-state index is 0.207. The smallest absolute Gasteiger partial charge is 0.341 e. The average Bonchev–Trinajstić information content (AvgIpc) is 3.22. The zero-order valence-electron chi connectivity index (χ0n) is 19.2. The minimum atomic E-state index is -0.891. The van der Waals surface area contributed by atoms with Crippen LogP contribution >= 0.6 is 27.3 Å². The average molecular weight is 556 g/mol. The Morgan fingerprint density at radius 3 is 2.60 bits per heavy atom. The van der Waals surface area contributed by atoms with Crippen LogP contribution in [-0.2, 0) is 9.53 Å². The van der Waals surface area contributed by atoms with Crippen molar-refractivity contribution in [2.24, 2.45) is 0 Å². The van der Waals surface area contributed by atoms with Gasteiger partial charge >= 0.3 is 11.6 Å². The molecule has 35 heavy (non-hydrogen) atoms. The first-order valence-electron chi connectivity index (χ1n) is 10.8. The van der Waals surface area contributed by atoms with Crippen LogP contribution < -0.4 is 15.7 Å². The van der Waals surface area contributed by atoms with Crippen molar-refractivity contribution in [1.82, 2.24) is 0 Å². The molecule has 2 heterocycles. The lowest BCUT2D eigenvalue weighted by Gasteiger charge is -2.15. The van der Waals surface area contributed by atoms with E-state index in [-0.39, 0.29) is 6.61 Å². The van der Waals surface area contributed by atoms with E-state index in [2.05, 4.69) is 21.2 Å². The van der Waals surface area contributed by atoms with Gasteiger partial charge in [-0.1, -0.05) is 28.1 Å². The Hall–Kier alpha value is -3.43. The van der Waals surface area contributed by atoms with E-state index >= 15 is 0 Å². The van der Waals surface area contributed by atoms with Crippen molar-refractivity contribution in [2.45, 2.75) is 26.9 Å². The molecular formula is C26H22BrNO6S. The number of esters is 1. The molecule has 1 unspecified atom stereocenters. The highest BCUT2D eigenvalue weighted by Crippen LogP contribution is 2.37. The topological polar surface area (TPSA) is 94.8 Å². The summed E-state index contributed by atoms with van der Waals surface area (Å²) in [5, 5.41) is 5.77. The maximum atomic E-state index is 13.0. The first-order chi connectivity index (χ1) is 16.8. The van der Waals surface area contributed by atoms with Crippen LogP contribution in [0.25, 0.3) is 22.1 Å². The van der Waals surface area contributed by atoms with E-state index in [0.717, 1.165) is 21.0 Å². The number of rotatable bonds is 7. The van der Waals surface area contributed by atoms with E-state index in [1.807, 2.05) is 36.6 Å². The maximum Gasteiger partial charge on any atom is 0.341 e. The maximum absolute atomic E-state index is 13.0. The van der Waals surface area contributed by atoms with Gasteiger partial charge in [-0.15, -0.1) is 11.3 Å². The van der Waals surface area contributed by atoms with Crippen molar-refractivity contribution in [3.05, 3.63) is 79.9 Å². The molecule has 0 spiro atoms. The van der Waals surface area contributed by atoms with Crippen molar-refractivity contribution >= 4 is 55.1 Å². The molecule has 0 saturated heterocycles. The summed E-state index contributed by atoms with van der Waals surface area (Å²) in [5.41, 5.74) is 2.50. The van der Waals surface area contributed by atoms with E-state index in [1.54, 1.807) is 32.0 Å². The normalized spacial score (nSPS) is 11.8. The van der Waals surface area contributed by atoms with Crippen molar-refractivity contribution in [3.63, 3.8) is 0 Å². The zero-order chi connectivity index (χ0) is 25.1. The zero-order valence-corrected chi connectivity index (χ0v) is 21.6. The third-order valence-corrected chi connectivity index (χ3v) is 6.69. The number of benzene rings is 2. The van der Waals surface area contributed by atoms with E-state index in [1.165, 1.54) is 17.4 Å². The quantitative estimate of drug-likeness (QED) is 0.216. The first-order valence-corrected chi connectivity index (χ1v) is 12.5. The summed E-state index contributed by atoms with van der Waals surface area (Å²) >= 11 is 4.65. The second kappa shape index (κ2) is 10.5. The Balaban J connectivity index is 1.57. The third-order valence-electron chi connectivity index (χ3n) is 5.27. The summed E-state index contributed by atoms with van der Waals surface area (Å²) in [4.78, 5) is 37.4. The number of hydrogen-bond acceptors (Lipinski definition) is 7. The summed E-state index contributed by atoms with van der Waals surface area (Å²) in [6.45, 7) is 5.35. The second-order valence-corrected chi connectivity index (χ2v) is 9.53. The highest BCUT2D eigenvalue weighted by Gasteiger charge is 2.25. The molecule has 1 amide bonds. The molecule has 180 valence electrons. The fourth-order valence-corrected chi connectivity index (χ4v) is 4.77. The van der Waals surface area contributed by atoms with E-state index in [9.17, 15) is 14.4 Å².